The fourth-order valence-electron chi connectivity index (χ4n) is 4.90. The highest BCUT2D eigenvalue weighted by molar-refractivity contribution is 6.04. The predicted molar refractivity (Wildman–Crippen MR) is 130 cm³/mol. The van der Waals surface area contributed by atoms with Gasteiger partial charge in [-0.05, 0) is 62.2 Å². The number of piperidine rings is 1. The smallest absolute Gasteiger partial charge is 0.417 e. The van der Waals surface area contributed by atoms with E-state index < -0.39 is 12.0 Å². The lowest BCUT2D eigenvalue weighted by atomic mass is 9.70. The molecule has 8 heteroatoms. The number of ether oxygens (including phenoxy) is 2. The molecule has 0 radical (unpaired) electrons. The van der Waals surface area contributed by atoms with Crippen molar-refractivity contribution in [2.24, 2.45) is 0 Å². The van der Waals surface area contributed by atoms with Crippen LogP contribution in [0.15, 0.2) is 60.8 Å². The summed E-state index contributed by atoms with van der Waals surface area (Å²) in [5.41, 5.74) is 2.97. The van der Waals surface area contributed by atoms with E-state index in [1.807, 2.05) is 61.5 Å². The summed E-state index contributed by atoms with van der Waals surface area (Å²) < 4.78 is 11.2. The van der Waals surface area contributed by atoms with E-state index >= 15 is 0 Å². The van der Waals surface area contributed by atoms with Crippen LogP contribution in [0.2, 0.25) is 0 Å². The number of amides is 2. The highest BCUT2D eigenvalue weighted by Gasteiger charge is 2.47. The normalized spacial score (nSPS) is 16.6. The zero-order valence-electron chi connectivity index (χ0n) is 19.7. The van der Waals surface area contributed by atoms with E-state index in [1.165, 1.54) is 4.90 Å². The molecule has 0 saturated carbocycles. The van der Waals surface area contributed by atoms with E-state index in [9.17, 15) is 9.59 Å². The van der Waals surface area contributed by atoms with Crippen molar-refractivity contribution < 1.29 is 19.1 Å². The maximum Gasteiger partial charge on any atom is 0.417 e. The summed E-state index contributed by atoms with van der Waals surface area (Å²) in [4.78, 5) is 37.0. The minimum Gasteiger partial charge on any atom is -0.477 e. The summed E-state index contributed by atoms with van der Waals surface area (Å²) in [7, 11) is 0. The predicted octanol–water partition coefficient (Wildman–Crippen LogP) is 3.96. The van der Waals surface area contributed by atoms with Crippen LogP contribution in [0.5, 0.6) is 5.88 Å². The molecule has 35 heavy (non-hydrogen) atoms. The van der Waals surface area contributed by atoms with Gasteiger partial charge in [0.25, 0.3) is 5.91 Å². The molecule has 0 bridgehead atoms. The Balaban J connectivity index is 1.50. The van der Waals surface area contributed by atoms with E-state index in [0.717, 1.165) is 37.1 Å². The van der Waals surface area contributed by atoms with Crippen molar-refractivity contribution in [3.63, 3.8) is 0 Å². The molecule has 2 amide bonds. The second kappa shape index (κ2) is 9.84. The molecule has 0 atom stereocenters. The topological polar surface area (TPSA) is 93.7 Å². The van der Waals surface area contributed by atoms with Crippen LogP contribution in [-0.4, -0.2) is 53.1 Å². The molecule has 1 saturated heterocycles. The van der Waals surface area contributed by atoms with Crippen LogP contribution in [-0.2, 0) is 16.8 Å². The summed E-state index contributed by atoms with van der Waals surface area (Å²) >= 11 is 0. The lowest BCUT2D eigenvalue weighted by Crippen LogP contribution is -2.55. The lowest BCUT2D eigenvalue weighted by molar-refractivity contribution is 0.0518. The number of imide groups is 1. The molecule has 8 nitrogen and oxygen atoms in total. The number of benzene rings is 1. The Morgan fingerprint density at radius 2 is 1.89 bits per heavy atom. The third-order valence-electron chi connectivity index (χ3n) is 6.69. The molecule has 0 aliphatic carbocycles. The van der Waals surface area contributed by atoms with E-state index in [0.29, 0.717) is 29.4 Å². The minimum absolute atomic E-state index is 0.103. The molecule has 4 heterocycles. The first-order valence-corrected chi connectivity index (χ1v) is 11.9. The Labute approximate surface area is 204 Å². The number of carbonyl (C=O) groups excluding carboxylic acids is 2. The van der Waals surface area contributed by atoms with E-state index in [4.69, 9.17) is 14.5 Å². The van der Waals surface area contributed by atoms with Gasteiger partial charge in [-0.25, -0.2) is 19.7 Å². The van der Waals surface area contributed by atoms with Crippen LogP contribution in [0.25, 0.3) is 11.3 Å². The summed E-state index contributed by atoms with van der Waals surface area (Å²) in [5.74, 6) is 0.0207. The lowest BCUT2D eigenvalue weighted by Gasteiger charge is -2.44. The van der Waals surface area contributed by atoms with Crippen molar-refractivity contribution >= 4 is 12.0 Å². The van der Waals surface area contributed by atoms with Gasteiger partial charge < -0.3 is 14.8 Å². The Morgan fingerprint density at radius 1 is 1.09 bits per heavy atom. The number of aromatic nitrogens is 2. The molecule has 5 rings (SSSR count). The van der Waals surface area contributed by atoms with Crippen LogP contribution in [0.3, 0.4) is 0 Å². The molecule has 1 spiro atoms. The fourth-order valence-corrected chi connectivity index (χ4v) is 4.90. The van der Waals surface area contributed by atoms with Gasteiger partial charge in [-0.1, -0.05) is 36.4 Å². The Hall–Kier alpha value is -3.78. The van der Waals surface area contributed by atoms with Gasteiger partial charge in [0, 0.05) is 18.2 Å². The SMILES string of the molecule is CCOc1ncccc1-c1ccc2c(n1)C(=O)N(C(=O)OCc1ccccc1)CC21CCNCC1. The Morgan fingerprint density at radius 3 is 2.66 bits per heavy atom. The number of pyridine rings is 2. The van der Waals surface area contributed by atoms with E-state index in [2.05, 4.69) is 10.3 Å². The quantitative estimate of drug-likeness (QED) is 0.601. The highest BCUT2D eigenvalue weighted by atomic mass is 16.6. The van der Waals surface area contributed by atoms with Gasteiger partial charge in [0.1, 0.15) is 12.3 Å². The van der Waals surface area contributed by atoms with Gasteiger partial charge in [-0.15, -0.1) is 0 Å². The molecular formula is C27H28N4O4. The second-order valence-corrected chi connectivity index (χ2v) is 8.84. The standard InChI is InChI=1S/C27H28N4O4/c1-2-34-24-20(9-6-14-29-24)22-11-10-21-23(30-22)25(32)31(18-27(21)12-15-28-16-13-27)26(33)35-17-19-7-4-3-5-8-19/h3-11,14,28H,2,12-13,15-18H2,1H3. The molecule has 1 fully saturated rings. The first-order chi connectivity index (χ1) is 17.1. The van der Waals surface area contributed by atoms with Crippen molar-refractivity contribution in [1.29, 1.82) is 0 Å². The third kappa shape index (κ3) is 4.49. The van der Waals surface area contributed by atoms with Gasteiger partial charge in [0.2, 0.25) is 5.88 Å². The van der Waals surface area contributed by atoms with Crippen LogP contribution < -0.4 is 10.1 Å². The van der Waals surface area contributed by atoms with Crippen LogP contribution in [0, 0.1) is 0 Å². The van der Waals surface area contributed by atoms with Crippen molar-refractivity contribution in [3.05, 3.63) is 77.6 Å². The average Bonchev–Trinajstić information content (AvgIpc) is 2.91. The van der Waals surface area contributed by atoms with Gasteiger partial charge >= 0.3 is 6.09 Å². The molecule has 2 aliphatic heterocycles. The molecule has 0 unspecified atom stereocenters. The van der Waals surface area contributed by atoms with Gasteiger partial charge in [-0.2, -0.15) is 0 Å². The number of rotatable bonds is 5. The monoisotopic (exact) mass is 472 g/mol. The van der Waals surface area contributed by atoms with Crippen LogP contribution in [0.1, 0.15) is 41.4 Å². The van der Waals surface area contributed by atoms with Crippen molar-refractivity contribution in [3.8, 4) is 17.1 Å². The minimum atomic E-state index is -0.647. The molecular weight excluding hydrogens is 444 g/mol. The summed E-state index contributed by atoms with van der Waals surface area (Å²) in [5, 5.41) is 3.38. The molecule has 1 N–H and O–H groups in total. The van der Waals surface area contributed by atoms with Crippen molar-refractivity contribution in [2.45, 2.75) is 31.8 Å². The zero-order chi connectivity index (χ0) is 24.3. The van der Waals surface area contributed by atoms with E-state index in [1.54, 1.807) is 6.20 Å². The first-order valence-electron chi connectivity index (χ1n) is 11.9. The maximum absolute atomic E-state index is 13.6. The molecule has 1 aromatic carbocycles. The Kier molecular flexibility index (Phi) is 6.46. The maximum atomic E-state index is 13.6. The second-order valence-electron chi connectivity index (χ2n) is 8.84. The Bertz CT molecular complexity index is 1220. The summed E-state index contributed by atoms with van der Waals surface area (Å²) in [6, 6.07) is 17.0. The van der Waals surface area contributed by atoms with E-state index in [-0.39, 0.29) is 18.6 Å². The number of hydrogen-bond acceptors (Lipinski definition) is 7. The molecule has 2 aromatic heterocycles. The number of hydrogen-bond donors (Lipinski definition) is 1. The highest BCUT2D eigenvalue weighted by Crippen LogP contribution is 2.41. The molecule has 180 valence electrons. The third-order valence-corrected chi connectivity index (χ3v) is 6.69. The molecule has 3 aromatic rings. The van der Waals surface area contributed by atoms with Crippen LogP contribution in [0.4, 0.5) is 4.79 Å². The van der Waals surface area contributed by atoms with Gasteiger partial charge in [0.05, 0.1) is 17.9 Å². The fraction of sp³-hybridized carbons (Fsp3) is 0.333. The largest absolute Gasteiger partial charge is 0.477 e. The number of nitrogens with one attached hydrogen (secondary N) is 1. The van der Waals surface area contributed by atoms with Crippen molar-refractivity contribution in [1.82, 2.24) is 20.2 Å². The number of fused-ring (bicyclic) bond motifs is 2. The van der Waals surface area contributed by atoms with Gasteiger partial charge in [0.15, 0.2) is 0 Å². The first kappa shape index (κ1) is 23.0. The zero-order valence-corrected chi connectivity index (χ0v) is 19.7. The van der Waals surface area contributed by atoms with Crippen LogP contribution >= 0.6 is 0 Å². The molecule has 2 aliphatic rings. The van der Waals surface area contributed by atoms with Gasteiger partial charge in [-0.3, -0.25) is 4.79 Å². The number of nitrogens with zero attached hydrogens (tertiary/aromatic N) is 3. The summed E-state index contributed by atoms with van der Waals surface area (Å²) in [6.07, 6.45) is 2.61. The summed E-state index contributed by atoms with van der Waals surface area (Å²) in [6.45, 7) is 4.35. The average molecular weight is 473 g/mol. The van der Waals surface area contributed by atoms with Crippen molar-refractivity contribution in [2.75, 3.05) is 26.2 Å². The number of carbonyl (C=O) groups is 2.